The Labute approximate surface area is 171 Å². The number of carbonyl (C=O) groups excluding carboxylic acids is 1. The monoisotopic (exact) mass is 411 g/mol. The van der Waals surface area contributed by atoms with Crippen molar-refractivity contribution in [2.75, 3.05) is 11.9 Å². The highest BCUT2D eigenvalue weighted by Gasteiger charge is 2.33. The number of carbonyl (C=O) groups is 1. The fourth-order valence-electron chi connectivity index (χ4n) is 3.17. The van der Waals surface area contributed by atoms with Crippen molar-refractivity contribution < 1.29 is 14.6 Å². The molecule has 11 heteroatoms. The molecule has 156 valence electrons. The minimum atomic E-state index is -0.792. The Morgan fingerprint density at radius 3 is 2.70 bits per heavy atom. The molecule has 1 aromatic carbocycles. The van der Waals surface area contributed by atoms with Gasteiger partial charge in [0.1, 0.15) is 12.4 Å². The molecule has 0 bridgehead atoms. The van der Waals surface area contributed by atoms with Crippen LogP contribution in [0.3, 0.4) is 0 Å². The number of nitrogens with zero attached hydrogens (tertiary/aromatic N) is 7. The average molecular weight is 411 g/mol. The van der Waals surface area contributed by atoms with Crippen LogP contribution in [0.4, 0.5) is 5.69 Å². The maximum atomic E-state index is 12.8. The third kappa shape index (κ3) is 3.66. The molecule has 1 N–H and O–H groups in total. The number of hydrogen-bond donors (Lipinski definition) is 1. The summed E-state index contributed by atoms with van der Waals surface area (Å²) in [6.45, 7) is 3.70. The van der Waals surface area contributed by atoms with Crippen LogP contribution >= 0.6 is 0 Å². The number of ether oxygens (including phenoxy) is 1. The minimum Gasteiger partial charge on any atom is -0.463 e. The first-order valence-corrected chi connectivity index (χ1v) is 9.38. The van der Waals surface area contributed by atoms with E-state index in [2.05, 4.69) is 20.4 Å². The molecule has 0 fully saturated rings. The average Bonchev–Trinajstić information content (AvgIpc) is 3.15. The molecule has 0 unspecified atom stereocenters. The van der Waals surface area contributed by atoms with Gasteiger partial charge in [0.05, 0.1) is 13.1 Å². The molecular weight excluding hydrogens is 390 g/mol. The van der Waals surface area contributed by atoms with Crippen molar-refractivity contribution in [3.63, 3.8) is 0 Å². The highest BCUT2D eigenvalue weighted by Crippen LogP contribution is 2.26. The second-order valence-electron chi connectivity index (χ2n) is 7.18. The summed E-state index contributed by atoms with van der Waals surface area (Å²) >= 11 is 0. The number of aliphatic hydroxyl groups excluding tert-OH is 1. The number of benzene rings is 1. The van der Waals surface area contributed by atoms with Gasteiger partial charge in [-0.2, -0.15) is 4.80 Å². The summed E-state index contributed by atoms with van der Waals surface area (Å²) < 4.78 is 6.68. The second kappa shape index (κ2) is 7.67. The first-order chi connectivity index (χ1) is 14.3. The number of aromatic nitrogens is 6. The Morgan fingerprint density at radius 1 is 1.23 bits per heavy atom. The smallest absolute Gasteiger partial charge is 0.281 e. The lowest BCUT2D eigenvalue weighted by Crippen LogP contribution is -2.46. The molecule has 2 atom stereocenters. The van der Waals surface area contributed by atoms with Gasteiger partial charge in [-0.3, -0.25) is 14.2 Å². The van der Waals surface area contributed by atoms with Crippen LogP contribution in [0.25, 0.3) is 0 Å². The number of likely N-dealkylation sites (N-methyl/N-ethyl adjacent to an activating group) is 1. The molecule has 30 heavy (non-hydrogen) atoms. The van der Waals surface area contributed by atoms with Crippen LogP contribution in [0, 0.1) is 6.92 Å². The summed E-state index contributed by atoms with van der Waals surface area (Å²) in [5, 5.41) is 22.5. The summed E-state index contributed by atoms with van der Waals surface area (Å²) in [5.74, 6) is 0.0611. The first-order valence-electron chi connectivity index (χ1n) is 9.38. The second-order valence-corrected chi connectivity index (χ2v) is 7.18. The molecule has 3 aromatic rings. The van der Waals surface area contributed by atoms with Gasteiger partial charge in [-0.05, 0) is 24.6 Å². The van der Waals surface area contributed by atoms with Gasteiger partial charge in [0.15, 0.2) is 17.6 Å². The maximum Gasteiger partial charge on any atom is 0.281 e. The van der Waals surface area contributed by atoms with Crippen molar-refractivity contribution in [2.24, 2.45) is 0 Å². The van der Waals surface area contributed by atoms with Crippen molar-refractivity contribution in [1.82, 2.24) is 29.8 Å². The number of tetrazole rings is 1. The fourth-order valence-corrected chi connectivity index (χ4v) is 3.17. The first kappa shape index (κ1) is 19.7. The van der Waals surface area contributed by atoms with Gasteiger partial charge >= 0.3 is 0 Å². The number of amides is 1. The lowest BCUT2D eigenvalue weighted by Gasteiger charge is -2.28. The van der Waals surface area contributed by atoms with E-state index in [-0.39, 0.29) is 36.4 Å². The predicted octanol–water partition coefficient (Wildman–Crippen LogP) is 0.0638. The molecular formula is C19H21N7O4. The number of rotatable bonds is 5. The molecule has 1 aliphatic heterocycles. The lowest BCUT2D eigenvalue weighted by molar-refractivity contribution is -0.125. The van der Waals surface area contributed by atoms with Gasteiger partial charge in [0, 0.05) is 7.05 Å². The summed E-state index contributed by atoms with van der Waals surface area (Å²) in [6.07, 6.45) is -0.175. The number of hydrogen-bond acceptors (Lipinski definition) is 8. The van der Waals surface area contributed by atoms with E-state index in [4.69, 9.17) is 4.74 Å². The van der Waals surface area contributed by atoms with Crippen LogP contribution in [0.15, 0.2) is 35.4 Å². The Hall–Kier alpha value is -3.60. The summed E-state index contributed by atoms with van der Waals surface area (Å²) in [4.78, 5) is 31.6. The number of fused-ring (bicyclic) bond motifs is 1. The highest BCUT2D eigenvalue weighted by molar-refractivity contribution is 5.98. The fraction of sp³-hybridized carbons (Fsp3) is 0.368. The van der Waals surface area contributed by atoms with Crippen LogP contribution in [0.5, 0.6) is 5.88 Å². The summed E-state index contributed by atoms with van der Waals surface area (Å²) in [6, 6.07) is 7.52. The van der Waals surface area contributed by atoms with Crippen molar-refractivity contribution in [3.8, 4) is 5.88 Å². The molecule has 0 radical (unpaired) electrons. The molecule has 3 heterocycles. The van der Waals surface area contributed by atoms with Crippen LogP contribution in [0.1, 0.15) is 30.0 Å². The van der Waals surface area contributed by atoms with E-state index in [0.717, 1.165) is 11.1 Å². The van der Waals surface area contributed by atoms with E-state index < -0.39 is 17.8 Å². The van der Waals surface area contributed by atoms with Crippen LogP contribution in [-0.4, -0.2) is 53.9 Å². The Balaban J connectivity index is 1.51. The van der Waals surface area contributed by atoms with E-state index in [0.29, 0.717) is 0 Å². The topological polar surface area (TPSA) is 128 Å². The third-order valence-electron chi connectivity index (χ3n) is 4.89. The number of anilines is 1. The SMILES string of the molecule is Cc1ccc([C@@H](O)Cn2nnc(Cn3cnc4c(c3=O)N(C)C(=O)[C@H](C)O4)n2)cc1. The van der Waals surface area contributed by atoms with Gasteiger partial charge < -0.3 is 14.7 Å². The van der Waals surface area contributed by atoms with E-state index in [9.17, 15) is 14.7 Å². The Bertz CT molecular complexity index is 1140. The van der Waals surface area contributed by atoms with Crippen LogP contribution in [0.2, 0.25) is 0 Å². The molecule has 2 aromatic heterocycles. The predicted molar refractivity (Wildman–Crippen MR) is 105 cm³/mol. The van der Waals surface area contributed by atoms with Gasteiger partial charge in [0.25, 0.3) is 11.5 Å². The van der Waals surface area contributed by atoms with Gasteiger partial charge in [-0.25, -0.2) is 4.98 Å². The van der Waals surface area contributed by atoms with Gasteiger partial charge in [-0.15, -0.1) is 10.2 Å². The van der Waals surface area contributed by atoms with Crippen molar-refractivity contribution in [3.05, 3.63) is 57.9 Å². The Morgan fingerprint density at radius 2 is 1.97 bits per heavy atom. The van der Waals surface area contributed by atoms with Gasteiger partial charge in [-0.1, -0.05) is 29.8 Å². The highest BCUT2D eigenvalue weighted by atomic mass is 16.5. The lowest BCUT2D eigenvalue weighted by atomic mass is 10.1. The molecule has 1 aliphatic rings. The van der Waals surface area contributed by atoms with Crippen LogP contribution < -0.4 is 15.2 Å². The normalized spacial score (nSPS) is 16.9. The quantitative estimate of drug-likeness (QED) is 0.624. The zero-order valence-electron chi connectivity index (χ0n) is 16.8. The molecule has 11 nitrogen and oxygen atoms in total. The summed E-state index contributed by atoms with van der Waals surface area (Å²) in [5.41, 5.74) is 1.47. The van der Waals surface area contributed by atoms with Crippen molar-refractivity contribution >= 4 is 11.6 Å². The van der Waals surface area contributed by atoms with Crippen molar-refractivity contribution in [1.29, 1.82) is 0 Å². The standard InChI is InChI=1S/C19H21N7O4/c1-11-4-6-13(7-5-11)14(27)8-26-22-15(21-23-26)9-25-10-20-17-16(19(25)29)24(3)18(28)12(2)30-17/h4-7,10,12,14,27H,8-9H2,1-3H3/t12-,14-/m0/s1. The van der Waals surface area contributed by atoms with Gasteiger partial charge in [0.2, 0.25) is 5.88 Å². The molecule has 1 amide bonds. The molecule has 0 saturated carbocycles. The zero-order valence-corrected chi connectivity index (χ0v) is 16.8. The Kier molecular flexibility index (Phi) is 5.04. The largest absolute Gasteiger partial charge is 0.463 e. The minimum absolute atomic E-state index is 0.0112. The van der Waals surface area contributed by atoms with E-state index >= 15 is 0 Å². The maximum absolute atomic E-state index is 12.8. The van der Waals surface area contributed by atoms with E-state index in [1.807, 2.05) is 31.2 Å². The number of aliphatic hydroxyl groups is 1. The van der Waals surface area contributed by atoms with Crippen molar-refractivity contribution in [2.45, 2.75) is 39.1 Å². The molecule has 0 spiro atoms. The molecule has 0 saturated heterocycles. The number of aryl methyl sites for hydroxylation is 1. The van der Waals surface area contributed by atoms with Crippen LogP contribution in [-0.2, 0) is 17.9 Å². The van der Waals surface area contributed by atoms with E-state index in [1.54, 1.807) is 6.92 Å². The molecule has 4 rings (SSSR count). The summed E-state index contributed by atoms with van der Waals surface area (Å²) in [7, 11) is 1.51. The third-order valence-corrected chi connectivity index (χ3v) is 4.89. The zero-order chi connectivity index (χ0) is 21.4. The molecule has 0 aliphatic carbocycles. The van der Waals surface area contributed by atoms with E-state index in [1.165, 1.54) is 27.6 Å².